The van der Waals surface area contributed by atoms with Gasteiger partial charge in [-0.25, -0.2) is 0 Å². The SMILES string of the molecule is CC(C)B1N(c2c(C(C)C)cccc2C(C)C)C=CN1c1c(C(C)C)cccc1C(C)C. The topological polar surface area (TPSA) is 6.48 Å². The van der Waals surface area contributed by atoms with Gasteiger partial charge in [-0.1, -0.05) is 106 Å². The van der Waals surface area contributed by atoms with E-state index in [1.54, 1.807) is 0 Å². The van der Waals surface area contributed by atoms with Gasteiger partial charge in [0.15, 0.2) is 0 Å². The highest BCUT2D eigenvalue weighted by Crippen LogP contribution is 2.44. The van der Waals surface area contributed by atoms with Gasteiger partial charge in [-0.15, -0.1) is 0 Å². The van der Waals surface area contributed by atoms with Crippen molar-refractivity contribution in [2.45, 2.75) is 98.7 Å². The van der Waals surface area contributed by atoms with Crippen molar-refractivity contribution in [1.82, 2.24) is 0 Å². The number of rotatable bonds is 7. The highest BCUT2D eigenvalue weighted by atomic mass is 15.3. The Bertz CT molecular complexity index is 830. The highest BCUT2D eigenvalue weighted by molar-refractivity contribution is 6.70. The average molecular weight is 430 g/mol. The van der Waals surface area contributed by atoms with Crippen molar-refractivity contribution >= 4 is 18.4 Å². The number of anilines is 2. The fourth-order valence-electron chi connectivity index (χ4n) is 5.13. The minimum Gasteiger partial charge on any atom is -0.370 e. The fraction of sp³-hybridized carbons (Fsp3) is 0.517. The molecule has 2 nitrogen and oxygen atoms in total. The maximum Gasteiger partial charge on any atom is 0.386 e. The van der Waals surface area contributed by atoms with Crippen molar-refractivity contribution in [2.24, 2.45) is 0 Å². The first-order valence-electron chi connectivity index (χ1n) is 12.6. The largest absolute Gasteiger partial charge is 0.386 e. The Kier molecular flexibility index (Phi) is 7.48. The van der Waals surface area contributed by atoms with Gasteiger partial charge in [0.25, 0.3) is 0 Å². The van der Waals surface area contributed by atoms with Crippen LogP contribution in [0.1, 0.15) is 115 Å². The first-order valence-corrected chi connectivity index (χ1v) is 12.6. The van der Waals surface area contributed by atoms with E-state index in [2.05, 4.69) is 128 Å². The van der Waals surface area contributed by atoms with E-state index in [1.165, 1.54) is 33.6 Å². The van der Waals surface area contributed by atoms with Crippen molar-refractivity contribution in [2.75, 3.05) is 9.62 Å². The van der Waals surface area contributed by atoms with Crippen LogP contribution in [0.3, 0.4) is 0 Å². The second kappa shape index (κ2) is 9.77. The summed E-state index contributed by atoms with van der Waals surface area (Å²) in [5, 5.41) is 0. The average Bonchev–Trinajstić information content (AvgIpc) is 3.17. The van der Waals surface area contributed by atoms with Crippen molar-refractivity contribution < 1.29 is 0 Å². The summed E-state index contributed by atoms with van der Waals surface area (Å²) in [5.74, 6) is 2.38. The van der Waals surface area contributed by atoms with E-state index in [4.69, 9.17) is 0 Å². The predicted octanol–water partition coefficient (Wildman–Crippen LogP) is 8.88. The summed E-state index contributed by atoms with van der Waals surface area (Å²) in [4.78, 5) is 5.13. The molecule has 0 amide bonds. The van der Waals surface area contributed by atoms with Gasteiger partial charge < -0.3 is 9.62 Å². The number of hydrogen-bond donors (Lipinski definition) is 0. The first-order chi connectivity index (χ1) is 15.1. The van der Waals surface area contributed by atoms with Crippen LogP contribution in [0.2, 0.25) is 5.82 Å². The van der Waals surface area contributed by atoms with Gasteiger partial charge in [-0.2, -0.15) is 0 Å². The van der Waals surface area contributed by atoms with E-state index in [1.807, 2.05) is 0 Å². The Morgan fingerprint density at radius 3 is 1.00 bits per heavy atom. The summed E-state index contributed by atoms with van der Waals surface area (Å²) in [6.07, 6.45) is 4.66. The molecule has 32 heavy (non-hydrogen) atoms. The minimum atomic E-state index is 0.254. The molecule has 0 aromatic heterocycles. The van der Waals surface area contributed by atoms with E-state index in [0.29, 0.717) is 29.5 Å². The standard InChI is InChI=1S/C29H43BN2/c1-19(2)24-13-11-14-25(20(3)4)28(24)31-17-18-32(30(31)23(9)10)29-26(21(5)6)15-12-16-27(29)22(7)8/h11-23H,1-10H3. The maximum absolute atomic E-state index is 2.57. The second-order valence-corrected chi connectivity index (χ2v) is 11.0. The van der Waals surface area contributed by atoms with Crippen molar-refractivity contribution in [3.05, 3.63) is 71.1 Å². The van der Waals surface area contributed by atoms with E-state index in [-0.39, 0.29) is 6.98 Å². The zero-order chi connectivity index (χ0) is 23.7. The summed E-state index contributed by atoms with van der Waals surface area (Å²) in [7, 11) is 0. The van der Waals surface area contributed by atoms with Crippen LogP contribution in [0, 0.1) is 0 Å². The minimum absolute atomic E-state index is 0.254. The molecule has 2 aromatic carbocycles. The van der Waals surface area contributed by atoms with Crippen molar-refractivity contribution in [3.8, 4) is 0 Å². The molecule has 0 saturated carbocycles. The molecule has 3 heteroatoms. The Morgan fingerprint density at radius 2 is 0.781 bits per heavy atom. The van der Waals surface area contributed by atoms with Gasteiger partial charge in [0.2, 0.25) is 0 Å². The van der Waals surface area contributed by atoms with Crippen LogP contribution in [0.5, 0.6) is 0 Å². The van der Waals surface area contributed by atoms with Gasteiger partial charge in [-0.05, 0) is 51.7 Å². The molecule has 0 aliphatic carbocycles. The Hall–Kier alpha value is -2.16. The quantitative estimate of drug-likeness (QED) is 0.405. The van der Waals surface area contributed by atoms with Gasteiger partial charge in [0.05, 0.1) is 0 Å². The Labute approximate surface area is 197 Å². The van der Waals surface area contributed by atoms with Crippen LogP contribution < -0.4 is 9.62 Å². The number of hydrogen-bond acceptors (Lipinski definition) is 2. The zero-order valence-electron chi connectivity index (χ0n) is 22.0. The summed E-state index contributed by atoms with van der Waals surface area (Å²) in [6, 6.07) is 13.8. The molecule has 0 atom stereocenters. The van der Waals surface area contributed by atoms with Gasteiger partial charge in [0, 0.05) is 23.8 Å². The summed E-state index contributed by atoms with van der Waals surface area (Å²) < 4.78 is 0. The molecular formula is C29H43BN2. The third-order valence-corrected chi connectivity index (χ3v) is 6.76. The Balaban J connectivity index is 2.22. The normalized spacial score (nSPS) is 14.4. The molecule has 0 fully saturated rings. The smallest absolute Gasteiger partial charge is 0.370 e. The van der Waals surface area contributed by atoms with Crippen LogP contribution in [-0.2, 0) is 0 Å². The summed E-state index contributed by atoms with van der Waals surface area (Å²) in [6.45, 7) is 23.5. The maximum atomic E-state index is 2.57. The second-order valence-electron chi connectivity index (χ2n) is 11.0. The Morgan fingerprint density at radius 1 is 0.500 bits per heavy atom. The lowest BCUT2D eigenvalue weighted by Gasteiger charge is -2.37. The molecule has 2 aromatic rings. The van der Waals surface area contributed by atoms with E-state index < -0.39 is 0 Å². The zero-order valence-corrected chi connectivity index (χ0v) is 22.0. The molecule has 0 saturated heterocycles. The molecule has 1 aliphatic rings. The van der Waals surface area contributed by atoms with E-state index in [9.17, 15) is 0 Å². The number of para-hydroxylation sites is 2. The third-order valence-electron chi connectivity index (χ3n) is 6.76. The van der Waals surface area contributed by atoms with Crippen LogP contribution in [0.15, 0.2) is 48.8 Å². The molecule has 0 bridgehead atoms. The van der Waals surface area contributed by atoms with Crippen LogP contribution in [-0.4, -0.2) is 6.98 Å². The lowest BCUT2D eigenvalue weighted by Crippen LogP contribution is -2.47. The molecule has 0 radical (unpaired) electrons. The van der Waals surface area contributed by atoms with Crippen molar-refractivity contribution in [1.29, 1.82) is 0 Å². The summed E-state index contributed by atoms with van der Waals surface area (Å²) in [5.41, 5.74) is 8.57. The number of nitrogens with zero attached hydrogens (tertiary/aromatic N) is 2. The van der Waals surface area contributed by atoms with Crippen LogP contribution in [0.4, 0.5) is 11.4 Å². The van der Waals surface area contributed by atoms with Crippen LogP contribution >= 0.6 is 0 Å². The molecule has 0 unspecified atom stereocenters. The van der Waals surface area contributed by atoms with E-state index in [0.717, 1.165) is 0 Å². The molecular weight excluding hydrogens is 387 g/mol. The fourth-order valence-corrected chi connectivity index (χ4v) is 5.13. The van der Waals surface area contributed by atoms with E-state index >= 15 is 0 Å². The highest BCUT2D eigenvalue weighted by Gasteiger charge is 2.40. The first kappa shape index (κ1) is 24.5. The predicted molar refractivity (Wildman–Crippen MR) is 144 cm³/mol. The monoisotopic (exact) mass is 430 g/mol. The van der Waals surface area contributed by atoms with Gasteiger partial charge in [-0.3, -0.25) is 0 Å². The molecule has 0 N–H and O–H groups in total. The third kappa shape index (κ3) is 4.49. The lowest BCUT2D eigenvalue weighted by molar-refractivity contribution is 0.828. The number of benzene rings is 2. The molecule has 1 heterocycles. The lowest BCUT2D eigenvalue weighted by atomic mass is 9.60. The van der Waals surface area contributed by atoms with Gasteiger partial charge in [0.1, 0.15) is 0 Å². The van der Waals surface area contributed by atoms with Crippen LogP contribution in [0.25, 0.3) is 0 Å². The molecule has 1 aliphatic heterocycles. The molecule has 172 valence electrons. The summed E-state index contributed by atoms with van der Waals surface area (Å²) >= 11 is 0. The molecule has 0 spiro atoms. The van der Waals surface area contributed by atoms with Gasteiger partial charge >= 0.3 is 6.98 Å². The molecule has 3 rings (SSSR count). The van der Waals surface area contributed by atoms with Crippen molar-refractivity contribution in [3.63, 3.8) is 0 Å².